The Balaban J connectivity index is 1.16. The number of hydrogen-bond acceptors (Lipinski definition) is 7. The van der Waals surface area contributed by atoms with E-state index in [0.717, 1.165) is 37.7 Å². The van der Waals surface area contributed by atoms with E-state index >= 15 is 0 Å². The summed E-state index contributed by atoms with van der Waals surface area (Å²) in [6, 6.07) is 0. The van der Waals surface area contributed by atoms with E-state index in [0.29, 0.717) is 29.7 Å². The summed E-state index contributed by atoms with van der Waals surface area (Å²) < 4.78 is 17.8. The van der Waals surface area contributed by atoms with Crippen molar-refractivity contribution in [2.75, 3.05) is 6.61 Å². The molecule has 192 valence electrons. The summed E-state index contributed by atoms with van der Waals surface area (Å²) in [7, 11) is 0. The summed E-state index contributed by atoms with van der Waals surface area (Å²) in [6.07, 6.45) is 4.11. The third-order valence-corrected chi connectivity index (χ3v) is 12.3. The molecule has 0 aromatic carbocycles. The average Bonchev–Trinajstić information content (AvgIpc) is 3.72. The molecule has 2 N–H and O–H groups in total. The van der Waals surface area contributed by atoms with Crippen LogP contribution in [0.25, 0.3) is 0 Å². The predicted molar refractivity (Wildman–Crippen MR) is 124 cm³/mol. The Morgan fingerprint density at radius 3 is 2.63 bits per heavy atom. The predicted octanol–water partition coefficient (Wildman–Crippen LogP) is 2.56. The SMILES string of the molecule is CC1=C(CO)C(=O)O[C@@H]([C@@H](C)[C@H]2CC[C@H]3[C@@H]4C[C@H]5O[C@]56[C@@H](O)[C@H]5O[C@H]5C(=O)[C@]6(C)[C@H]4CC[C@]23C)C1. The van der Waals surface area contributed by atoms with Gasteiger partial charge in [0.1, 0.15) is 30.0 Å². The number of carbonyl (C=O) groups is 2. The van der Waals surface area contributed by atoms with Crippen molar-refractivity contribution in [3.05, 3.63) is 11.1 Å². The van der Waals surface area contributed by atoms with Gasteiger partial charge in [-0.15, -0.1) is 0 Å². The molecule has 0 radical (unpaired) electrons. The zero-order valence-electron chi connectivity index (χ0n) is 21.2. The fourth-order valence-corrected chi connectivity index (χ4v) is 10.3. The molecule has 6 fully saturated rings. The Morgan fingerprint density at radius 2 is 1.91 bits per heavy atom. The molecule has 3 aliphatic heterocycles. The lowest BCUT2D eigenvalue weighted by Gasteiger charge is -2.58. The number of fused-ring (bicyclic) bond motifs is 5. The second kappa shape index (κ2) is 6.97. The van der Waals surface area contributed by atoms with Gasteiger partial charge >= 0.3 is 5.97 Å². The number of aliphatic hydroxyl groups excluding tert-OH is 2. The van der Waals surface area contributed by atoms with Crippen molar-refractivity contribution >= 4 is 11.8 Å². The van der Waals surface area contributed by atoms with Crippen molar-refractivity contribution in [1.82, 2.24) is 0 Å². The monoisotopic (exact) mass is 486 g/mol. The average molecular weight is 487 g/mol. The van der Waals surface area contributed by atoms with Crippen molar-refractivity contribution < 1.29 is 34.0 Å². The topological polar surface area (TPSA) is 109 Å². The molecule has 4 aliphatic carbocycles. The molecule has 0 unspecified atom stereocenters. The van der Waals surface area contributed by atoms with Crippen LogP contribution < -0.4 is 0 Å². The summed E-state index contributed by atoms with van der Waals surface area (Å²) in [5, 5.41) is 20.6. The summed E-state index contributed by atoms with van der Waals surface area (Å²) >= 11 is 0. The van der Waals surface area contributed by atoms with Gasteiger partial charge in [-0.3, -0.25) is 4.79 Å². The first-order chi connectivity index (χ1) is 16.6. The van der Waals surface area contributed by atoms with Crippen molar-refractivity contribution in [3.8, 4) is 0 Å². The van der Waals surface area contributed by atoms with Crippen LogP contribution in [0.15, 0.2) is 11.1 Å². The molecule has 2 saturated heterocycles. The van der Waals surface area contributed by atoms with E-state index in [1.807, 2.05) is 6.92 Å². The van der Waals surface area contributed by atoms with Gasteiger partial charge in [-0.2, -0.15) is 0 Å². The fraction of sp³-hybridized carbons (Fsp3) is 0.857. The molecule has 7 aliphatic rings. The van der Waals surface area contributed by atoms with Crippen molar-refractivity contribution in [3.63, 3.8) is 0 Å². The van der Waals surface area contributed by atoms with Crippen LogP contribution in [0.5, 0.6) is 0 Å². The van der Waals surface area contributed by atoms with Crippen LogP contribution in [0.2, 0.25) is 0 Å². The van der Waals surface area contributed by atoms with E-state index in [1.54, 1.807) is 0 Å². The molecule has 3 heterocycles. The molecule has 7 nitrogen and oxygen atoms in total. The number of hydrogen-bond donors (Lipinski definition) is 2. The van der Waals surface area contributed by atoms with E-state index in [9.17, 15) is 19.8 Å². The number of rotatable bonds is 3. The maximum absolute atomic E-state index is 13.6. The highest BCUT2D eigenvalue weighted by atomic mass is 16.7. The lowest BCUT2D eigenvalue weighted by molar-refractivity contribution is -0.162. The lowest BCUT2D eigenvalue weighted by Crippen LogP contribution is -2.67. The molecule has 13 atom stereocenters. The molecule has 0 bridgehead atoms. The maximum Gasteiger partial charge on any atom is 0.336 e. The minimum atomic E-state index is -0.744. The zero-order valence-corrected chi connectivity index (χ0v) is 21.2. The molecule has 0 aromatic heterocycles. The van der Waals surface area contributed by atoms with Gasteiger partial charge < -0.3 is 24.4 Å². The first kappa shape index (κ1) is 22.9. The minimum absolute atomic E-state index is 0.0549. The van der Waals surface area contributed by atoms with Crippen LogP contribution in [0.1, 0.15) is 66.2 Å². The number of epoxide rings is 2. The van der Waals surface area contributed by atoms with Crippen LogP contribution in [-0.2, 0) is 23.8 Å². The third kappa shape index (κ3) is 2.56. The molecular weight excluding hydrogens is 448 g/mol. The second-order valence-electron chi connectivity index (χ2n) is 13.2. The lowest BCUT2D eigenvalue weighted by atomic mass is 9.43. The van der Waals surface area contributed by atoms with Crippen LogP contribution in [0, 0.1) is 40.4 Å². The van der Waals surface area contributed by atoms with Gasteiger partial charge in [-0.25, -0.2) is 4.79 Å². The van der Waals surface area contributed by atoms with Gasteiger partial charge in [0, 0.05) is 6.42 Å². The van der Waals surface area contributed by atoms with E-state index in [-0.39, 0.29) is 53.9 Å². The number of ketones is 1. The smallest absolute Gasteiger partial charge is 0.336 e. The number of cyclic esters (lactones) is 1. The van der Waals surface area contributed by atoms with Crippen molar-refractivity contribution in [2.45, 2.75) is 102 Å². The van der Waals surface area contributed by atoms with Gasteiger partial charge in [-0.1, -0.05) is 19.4 Å². The summed E-state index contributed by atoms with van der Waals surface area (Å²) in [6.45, 7) is 8.42. The molecular formula is C28H38O7. The molecule has 7 rings (SSSR count). The number of esters is 1. The summed E-state index contributed by atoms with van der Waals surface area (Å²) in [5.41, 5.74) is 0.0640. The summed E-state index contributed by atoms with van der Waals surface area (Å²) in [4.78, 5) is 26.1. The Labute approximate surface area is 206 Å². The normalized spacial score (nSPS) is 56.8. The highest BCUT2D eigenvalue weighted by molar-refractivity contribution is 5.95. The van der Waals surface area contributed by atoms with Gasteiger partial charge in [0.25, 0.3) is 0 Å². The summed E-state index contributed by atoms with van der Waals surface area (Å²) in [5.74, 6) is 1.58. The zero-order chi connectivity index (χ0) is 24.7. The molecule has 7 heteroatoms. The number of aliphatic hydroxyl groups is 2. The Morgan fingerprint density at radius 1 is 1.14 bits per heavy atom. The van der Waals surface area contributed by atoms with Crippen LogP contribution in [0.4, 0.5) is 0 Å². The van der Waals surface area contributed by atoms with Crippen LogP contribution in [-0.4, -0.2) is 64.7 Å². The number of Topliss-reactive ketones (excluding diaryl/α,β-unsaturated/α-hetero) is 1. The largest absolute Gasteiger partial charge is 0.458 e. The first-order valence-corrected chi connectivity index (χ1v) is 13.7. The number of carbonyl (C=O) groups excluding carboxylic acids is 2. The van der Waals surface area contributed by atoms with E-state index in [2.05, 4.69) is 20.8 Å². The van der Waals surface area contributed by atoms with Crippen LogP contribution >= 0.6 is 0 Å². The van der Waals surface area contributed by atoms with E-state index < -0.39 is 23.2 Å². The van der Waals surface area contributed by atoms with Crippen molar-refractivity contribution in [1.29, 1.82) is 0 Å². The molecule has 1 spiro atoms. The standard InChI is InChI=1S/C28H38O7/c1-12-9-19(33-25(32)15(12)11-29)13(2)16-5-6-17-14-10-20-28(35-20)24(31)22-21(34-22)23(30)27(28,4)18(14)7-8-26(16,17)3/h13-14,16-22,24,29,31H,5-11H2,1-4H3/t13-,14-,16+,17-,18-,19+,20+,21+,22-,24-,26+,27-,28-/m0/s1. The minimum Gasteiger partial charge on any atom is -0.458 e. The van der Waals surface area contributed by atoms with Gasteiger partial charge in [0.05, 0.1) is 23.7 Å². The van der Waals surface area contributed by atoms with E-state index in [4.69, 9.17) is 14.2 Å². The van der Waals surface area contributed by atoms with Gasteiger partial charge in [0.2, 0.25) is 0 Å². The van der Waals surface area contributed by atoms with Gasteiger partial charge in [-0.05, 0) is 81.0 Å². The maximum atomic E-state index is 13.6. The Kier molecular flexibility index (Phi) is 4.56. The third-order valence-electron chi connectivity index (χ3n) is 12.3. The fourth-order valence-electron chi connectivity index (χ4n) is 10.3. The first-order valence-electron chi connectivity index (χ1n) is 13.7. The number of ether oxygens (including phenoxy) is 3. The Bertz CT molecular complexity index is 1040. The van der Waals surface area contributed by atoms with E-state index in [1.165, 1.54) is 0 Å². The van der Waals surface area contributed by atoms with Gasteiger partial charge in [0.15, 0.2) is 5.78 Å². The highest BCUT2D eigenvalue weighted by Crippen LogP contribution is 2.75. The second-order valence-corrected chi connectivity index (χ2v) is 13.2. The van der Waals surface area contributed by atoms with Crippen molar-refractivity contribution in [2.24, 2.45) is 40.4 Å². The molecule has 0 amide bonds. The highest BCUT2D eigenvalue weighted by Gasteiger charge is 2.86. The quantitative estimate of drug-likeness (QED) is 0.466. The molecule has 35 heavy (non-hydrogen) atoms. The Hall–Kier alpha value is -1.28. The molecule has 4 saturated carbocycles. The molecule has 0 aromatic rings. The van der Waals surface area contributed by atoms with Crippen LogP contribution in [0.3, 0.4) is 0 Å².